The van der Waals surface area contributed by atoms with Gasteiger partial charge in [-0.15, -0.1) is 0 Å². The molecule has 3 rings (SSSR count). The standard InChI is InChI=1S/C12H11BrN2O3S/c13-9-5-8-18-12(9)19(16,17)15-7-2-3-10-11(15)4-1-6-14-10/h1,4-6,8H,2-3,7H2. The fourth-order valence-electron chi connectivity index (χ4n) is 2.17. The first-order chi connectivity index (χ1) is 9.10. The first-order valence-electron chi connectivity index (χ1n) is 5.80. The van der Waals surface area contributed by atoms with Crippen molar-refractivity contribution in [2.24, 2.45) is 0 Å². The molecule has 1 aliphatic heterocycles. The van der Waals surface area contributed by atoms with Crippen molar-refractivity contribution in [1.29, 1.82) is 0 Å². The maximum absolute atomic E-state index is 12.6. The van der Waals surface area contributed by atoms with E-state index in [1.807, 2.05) is 0 Å². The van der Waals surface area contributed by atoms with Crippen LogP contribution < -0.4 is 4.31 Å². The van der Waals surface area contributed by atoms with Crippen molar-refractivity contribution in [1.82, 2.24) is 4.98 Å². The van der Waals surface area contributed by atoms with Gasteiger partial charge in [0.05, 0.1) is 22.1 Å². The van der Waals surface area contributed by atoms with Crippen molar-refractivity contribution in [3.8, 4) is 0 Å². The van der Waals surface area contributed by atoms with Gasteiger partial charge in [0.15, 0.2) is 0 Å². The Bertz CT molecular complexity index is 711. The summed E-state index contributed by atoms with van der Waals surface area (Å²) in [6, 6.07) is 5.08. The van der Waals surface area contributed by atoms with Gasteiger partial charge in [0.1, 0.15) is 0 Å². The normalized spacial score (nSPS) is 15.3. The van der Waals surface area contributed by atoms with Crippen molar-refractivity contribution in [2.45, 2.75) is 17.9 Å². The Hall–Kier alpha value is -1.34. The van der Waals surface area contributed by atoms with Crippen LogP contribution in [0.1, 0.15) is 12.1 Å². The van der Waals surface area contributed by atoms with E-state index in [9.17, 15) is 8.42 Å². The summed E-state index contributed by atoms with van der Waals surface area (Å²) in [7, 11) is -3.68. The van der Waals surface area contributed by atoms with E-state index >= 15 is 0 Å². The van der Waals surface area contributed by atoms with Crippen LogP contribution in [0.15, 0.2) is 44.6 Å². The van der Waals surface area contributed by atoms with Gasteiger partial charge in [0.25, 0.3) is 15.1 Å². The molecule has 100 valence electrons. The minimum absolute atomic E-state index is 0.0656. The van der Waals surface area contributed by atoms with Gasteiger partial charge < -0.3 is 4.42 Å². The van der Waals surface area contributed by atoms with Gasteiger partial charge in [-0.2, -0.15) is 8.42 Å². The molecule has 3 heterocycles. The minimum Gasteiger partial charge on any atom is -0.450 e. The SMILES string of the molecule is O=S(=O)(c1occc1Br)N1CCCc2ncccc21. The van der Waals surface area contributed by atoms with Gasteiger partial charge in [-0.25, -0.2) is 0 Å². The van der Waals surface area contributed by atoms with E-state index in [0.717, 1.165) is 18.5 Å². The van der Waals surface area contributed by atoms with E-state index in [2.05, 4.69) is 20.9 Å². The number of anilines is 1. The molecule has 1 aliphatic rings. The molecule has 19 heavy (non-hydrogen) atoms. The van der Waals surface area contributed by atoms with Crippen molar-refractivity contribution in [3.05, 3.63) is 40.8 Å². The van der Waals surface area contributed by atoms with Crippen LogP contribution in [0.3, 0.4) is 0 Å². The number of sulfonamides is 1. The van der Waals surface area contributed by atoms with Crippen LogP contribution in [-0.2, 0) is 16.4 Å². The molecule has 5 nitrogen and oxygen atoms in total. The minimum atomic E-state index is -3.68. The molecule has 0 unspecified atom stereocenters. The number of pyridine rings is 1. The molecule has 0 amide bonds. The van der Waals surface area contributed by atoms with Gasteiger partial charge in [-0.3, -0.25) is 9.29 Å². The number of furan rings is 1. The van der Waals surface area contributed by atoms with Gasteiger partial charge in [0, 0.05) is 12.7 Å². The first-order valence-corrected chi connectivity index (χ1v) is 8.03. The van der Waals surface area contributed by atoms with E-state index < -0.39 is 10.0 Å². The van der Waals surface area contributed by atoms with Crippen molar-refractivity contribution in [3.63, 3.8) is 0 Å². The Morgan fingerprint density at radius 2 is 2.21 bits per heavy atom. The Morgan fingerprint density at radius 3 is 2.95 bits per heavy atom. The van der Waals surface area contributed by atoms with E-state index in [-0.39, 0.29) is 5.09 Å². The molecule has 0 spiro atoms. The Kier molecular flexibility index (Phi) is 3.10. The predicted octanol–water partition coefficient (Wildman–Crippen LogP) is 2.58. The zero-order chi connectivity index (χ0) is 13.5. The average molecular weight is 343 g/mol. The number of aromatic nitrogens is 1. The third kappa shape index (κ3) is 2.06. The van der Waals surface area contributed by atoms with Crippen LogP contribution >= 0.6 is 15.9 Å². The highest BCUT2D eigenvalue weighted by Gasteiger charge is 2.33. The van der Waals surface area contributed by atoms with Gasteiger partial charge in [-0.05, 0) is 47.0 Å². The smallest absolute Gasteiger partial charge is 0.299 e. The summed E-state index contributed by atoms with van der Waals surface area (Å²) in [4.78, 5) is 4.24. The molecule has 0 saturated carbocycles. The summed E-state index contributed by atoms with van der Waals surface area (Å²) >= 11 is 3.19. The maximum atomic E-state index is 12.6. The molecular weight excluding hydrogens is 332 g/mol. The highest BCUT2D eigenvalue weighted by atomic mass is 79.9. The molecule has 0 atom stereocenters. The molecule has 0 aliphatic carbocycles. The lowest BCUT2D eigenvalue weighted by Gasteiger charge is -2.28. The van der Waals surface area contributed by atoms with E-state index in [1.54, 1.807) is 24.4 Å². The monoisotopic (exact) mass is 342 g/mol. The fourth-order valence-corrected chi connectivity index (χ4v) is 4.47. The quantitative estimate of drug-likeness (QED) is 0.841. The van der Waals surface area contributed by atoms with Crippen LogP contribution in [0.2, 0.25) is 0 Å². The molecule has 2 aromatic heterocycles. The van der Waals surface area contributed by atoms with Crippen molar-refractivity contribution < 1.29 is 12.8 Å². The van der Waals surface area contributed by atoms with E-state index in [1.165, 1.54) is 10.6 Å². The summed E-state index contributed by atoms with van der Waals surface area (Å²) in [6.45, 7) is 0.439. The molecular formula is C12H11BrN2O3S. The number of rotatable bonds is 2. The zero-order valence-corrected chi connectivity index (χ0v) is 12.3. The third-order valence-corrected chi connectivity index (χ3v) is 5.65. The topological polar surface area (TPSA) is 63.4 Å². The second-order valence-corrected chi connectivity index (χ2v) is 6.82. The van der Waals surface area contributed by atoms with Crippen LogP contribution in [0.5, 0.6) is 0 Å². The molecule has 0 saturated heterocycles. The summed E-state index contributed by atoms with van der Waals surface area (Å²) in [5.41, 5.74) is 1.44. The molecule has 0 N–H and O–H groups in total. The van der Waals surface area contributed by atoms with Crippen LogP contribution in [0.25, 0.3) is 0 Å². The van der Waals surface area contributed by atoms with E-state index in [4.69, 9.17) is 4.42 Å². The number of fused-ring (bicyclic) bond motifs is 1. The van der Waals surface area contributed by atoms with Gasteiger partial charge in [0.2, 0.25) is 0 Å². The summed E-state index contributed by atoms with van der Waals surface area (Å²) in [5, 5.41) is -0.0656. The summed E-state index contributed by atoms with van der Waals surface area (Å²) in [6.07, 6.45) is 4.58. The number of nitrogens with zero attached hydrogens (tertiary/aromatic N) is 2. The fraction of sp³-hybridized carbons (Fsp3) is 0.250. The van der Waals surface area contributed by atoms with Gasteiger partial charge in [-0.1, -0.05) is 0 Å². The largest absolute Gasteiger partial charge is 0.450 e. The second kappa shape index (κ2) is 4.64. The number of hydrogen-bond acceptors (Lipinski definition) is 4. The highest BCUT2D eigenvalue weighted by Crippen LogP contribution is 2.33. The molecule has 2 aromatic rings. The third-order valence-electron chi connectivity index (χ3n) is 3.02. The lowest BCUT2D eigenvalue weighted by atomic mass is 10.1. The highest BCUT2D eigenvalue weighted by molar-refractivity contribution is 9.10. The summed E-state index contributed by atoms with van der Waals surface area (Å²) in [5.74, 6) is 0. The molecule has 0 bridgehead atoms. The zero-order valence-electron chi connectivity index (χ0n) is 9.91. The number of halogens is 1. The molecule has 0 fully saturated rings. The molecule has 0 radical (unpaired) electrons. The molecule has 7 heteroatoms. The van der Waals surface area contributed by atoms with Crippen LogP contribution in [0.4, 0.5) is 5.69 Å². The number of aryl methyl sites for hydroxylation is 1. The predicted molar refractivity (Wildman–Crippen MR) is 73.5 cm³/mol. The number of hydrogen-bond donors (Lipinski definition) is 0. The van der Waals surface area contributed by atoms with E-state index in [0.29, 0.717) is 16.7 Å². The Morgan fingerprint density at radius 1 is 1.37 bits per heavy atom. The Labute approximate surface area is 119 Å². The lowest BCUT2D eigenvalue weighted by molar-refractivity contribution is 0.445. The van der Waals surface area contributed by atoms with Crippen LogP contribution in [-0.4, -0.2) is 19.9 Å². The van der Waals surface area contributed by atoms with Crippen molar-refractivity contribution >= 4 is 31.6 Å². The Balaban J connectivity index is 2.12. The van der Waals surface area contributed by atoms with Gasteiger partial charge >= 0.3 is 0 Å². The molecule has 0 aromatic carbocycles. The summed E-state index contributed by atoms with van der Waals surface area (Å²) < 4.78 is 32.1. The van der Waals surface area contributed by atoms with Crippen LogP contribution in [0, 0.1) is 0 Å². The lowest BCUT2D eigenvalue weighted by Crippen LogP contribution is -2.35. The first kappa shape index (κ1) is 12.7. The maximum Gasteiger partial charge on any atom is 0.299 e. The van der Waals surface area contributed by atoms with Crippen molar-refractivity contribution in [2.75, 3.05) is 10.8 Å². The second-order valence-electron chi connectivity index (χ2n) is 4.21. The average Bonchev–Trinajstić information content (AvgIpc) is 2.85.